The smallest absolute Gasteiger partial charge is 0.338 e. The van der Waals surface area contributed by atoms with Crippen LogP contribution in [-0.2, 0) is 14.3 Å². The lowest BCUT2D eigenvalue weighted by molar-refractivity contribution is -0.140. The van der Waals surface area contributed by atoms with Crippen molar-refractivity contribution in [2.75, 3.05) is 24.7 Å². The Morgan fingerprint density at radius 3 is 2.39 bits per heavy atom. The molecule has 0 unspecified atom stereocenters. The fraction of sp³-hybridized carbons (Fsp3) is 0.176. The topological polar surface area (TPSA) is 105 Å². The van der Waals surface area contributed by atoms with E-state index in [1.54, 1.807) is 37.3 Å². The average molecular weight is 314 g/mol. The minimum Gasteiger partial charge on any atom is -0.459 e. The van der Waals surface area contributed by atoms with Crippen LogP contribution in [0.15, 0.2) is 42.5 Å². The number of carbonyl (C=O) groups is 2. The van der Waals surface area contributed by atoms with Crippen LogP contribution < -0.4 is 11.5 Å². The second kappa shape index (κ2) is 6.83. The lowest BCUT2D eigenvalue weighted by Gasteiger charge is -2.10. The van der Waals surface area contributed by atoms with Gasteiger partial charge >= 0.3 is 11.9 Å². The van der Waals surface area contributed by atoms with E-state index in [9.17, 15) is 9.59 Å². The zero-order chi connectivity index (χ0) is 17.0. The summed E-state index contributed by atoms with van der Waals surface area (Å²) in [6.45, 7) is 4.91. The van der Waals surface area contributed by atoms with Crippen molar-refractivity contribution in [3.63, 3.8) is 0 Å². The van der Waals surface area contributed by atoms with Gasteiger partial charge in [0.2, 0.25) is 0 Å². The summed E-state index contributed by atoms with van der Waals surface area (Å²) >= 11 is 0. The van der Waals surface area contributed by atoms with E-state index < -0.39 is 11.9 Å². The normalized spacial score (nSPS) is 10.3. The fourth-order valence-electron chi connectivity index (χ4n) is 2.05. The van der Waals surface area contributed by atoms with E-state index in [4.69, 9.17) is 20.9 Å². The van der Waals surface area contributed by atoms with Crippen LogP contribution in [0.4, 0.5) is 11.4 Å². The molecule has 23 heavy (non-hydrogen) atoms. The Balaban J connectivity index is 2.09. The van der Waals surface area contributed by atoms with Gasteiger partial charge < -0.3 is 20.9 Å². The largest absolute Gasteiger partial charge is 0.459 e. The van der Waals surface area contributed by atoms with Crippen molar-refractivity contribution < 1.29 is 19.1 Å². The highest BCUT2D eigenvalue weighted by atomic mass is 16.6. The van der Waals surface area contributed by atoms with Crippen molar-refractivity contribution in [2.24, 2.45) is 0 Å². The third-order valence-electron chi connectivity index (χ3n) is 3.12. The van der Waals surface area contributed by atoms with Gasteiger partial charge in [-0.2, -0.15) is 0 Å². The van der Waals surface area contributed by atoms with Gasteiger partial charge in [-0.15, -0.1) is 0 Å². The van der Waals surface area contributed by atoms with Crippen LogP contribution in [0.5, 0.6) is 0 Å². The number of ether oxygens (including phenoxy) is 2. The summed E-state index contributed by atoms with van der Waals surface area (Å²) in [6.07, 6.45) is 0. The molecule has 0 fully saturated rings. The predicted octanol–water partition coefficient (Wildman–Crippen LogP) is 2.28. The van der Waals surface area contributed by atoms with Crippen LogP contribution in [0.2, 0.25) is 0 Å². The third kappa shape index (κ3) is 4.00. The molecule has 0 aromatic heterocycles. The van der Waals surface area contributed by atoms with Gasteiger partial charge in [-0.05, 0) is 42.0 Å². The molecule has 2 aromatic rings. The van der Waals surface area contributed by atoms with E-state index in [0.717, 1.165) is 5.39 Å². The number of rotatable bonds is 5. The molecule has 0 aliphatic carbocycles. The highest BCUT2D eigenvalue weighted by Crippen LogP contribution is 2.25. The maximum absolute atomic E-state index is 12.2. The van der Waals surface area contributed by atoms with Crippen molar-refractivity contribution in [1.82, 2.24) is 0 Å². The fourth-order valence-corrected chi connectivity index (χ4v) is 2.05. The molecule has 2 aromatic carbocycles. The van der Waals surface area contributed by atoms with Gasteiger partial charge in [0.05, 0.1) is 5.56 Å². The molecule has 0 saturated heterocycles. The van der Waals surface area contributed by atoms with E-state index in [1.165, 1.54) is 0 Å². The van der Waals surface area contributed by atoms with Crippen molar-refractivity contribution in [1.29, 1.82) is 0 Å². The quantitative estimate of drug-likeness (QED) is 0.380. The molecule has 0 radical (unpaired) electrons. The number of nitrogens with two attached hydrogens (primary N) is 2. The van der Waals surface area contributed by atoms with Gasteiger partial charge in [-0.1, -0.05) is 12.6 Å². The number of carbonyl (C=O) groups excluding carboxylic acids is 2. The zero-order valence-electron chi connectivity index (χ0n) is 12.8. The molecule has 0 aliphatic rings. The summed E-state index contributed by atoms with van der Waals surface area (Å²) in [7, 11) is 0. The van der Waals surface area contributed by atoms with E-state index in [-0.39, 0.29) is 18.8 Å². The Bertz CT molecular complexity index is 778. The maximum Gasteiger partial charge on any atom is 0.338 e. The molecule has 0 spiro atoms. The van der Waals surface area contributed by atoms with Gasteiger partial charge in [-0.3, -0.25) is 0 Å². The number of hydrogen-bond acceptors (Lipinski definition) is 6. The lowest BCUT2D eigenvalue weighted by atomic mass is 10.0. The van der Waals surface area contributed by atoms with Crippen LogP contribution in [0.3, 0.4) is 0 Å². The van der Waals surface area contributed by atoms with Crippen molar-refractivity contribution in [2.45, 2.75) is 6.92 Å². The Hall–Kier alpha value is -3.02. The number of anilines is 2. The maximum atomic E-state index is 12.2. The van der Waals surface area contributed by atoms with E-state index >= 15 is 0 Å². The average Bonchev–Trinajstić information content (AvgIpc) is 2.49. The SMILES string of the molecule is C=C(C)C(=O)OCCOC(=O)c1cc(N)cc2cc(N)ccc12. The summed E-state index contributed by atoms with van der Waals surface area (Å²) in [5, 5.41) is 1.45. The van der Waals surface area contributed by atoms with Gasteiger partial charge in [0.25, 0.3) is 0 Å². The Morgan fingerprint density at radius 2 is 1.70 bits per heavy atom. The summed E-state index contributed by atoms with van der Waals surface area (Å²) in [4.78, 5) is 23.4. The van der Waals surface area contributed by atoms with Gasteiger partial charge in [0, 0.05) is 16.9 Å². The van der Waals surface area contributed by atoms with E-state index in [1.807, 2.05) is 0 Å². The molecule has 0 amide bonds. The number of benzene rings is 2. The van der Waals surface area contributed by atoms with Gasteiger partial charge in [0.1, 0.15) is 13.2 Å². The zero-order valence-corrected chi connectivity index (χ0v) is 12.8. The Morgan fingerprint density at radius 1 is 1.04 bits per heavy atom. The first-order valence-corrected chi connectivity index (χ1v) is 6.97. The van der Waals surface area contributed by atoms with Crippen LogP contribution in [0.25, 0.3) is 10.8 Å². The highest BCUT2D eigenvalue weighted by Gasteiger charge is 2.13. The number of nitrogen functional groups attached to an aromatic ring is 2. The van der Waals surface area contributed by atoms with Crippen molar-refractivity contribution >= 4 is 34.1 Å². The van der Waals surface area contributed by atoms with Crippen LogP contribution in [0, 0.1) is 0 Å². The molecule has 120 valence electrons. The molecule has 0 saturated carbocycles. The molecule has 4 N–H and O–H groups in total. The first-order valence-electron chi connectivity index (χ1n) is 6.97. The standard InChI is InChI=1S/C17H18N2O4/c1-10(2)16(20)22-5-6-23-17(21)15-9-13(19)8-11-7-12(18)3-4-14(11)15/h3-4,7-9H,1,5-6,18-19H2,2H3. The van der Waals surface area contributed by atoms with Gasteiger partial charge in [-0.25, -0.2) is 9.59 Å². The molecule has 0 atom stereocenters. The van der Waals surface area contributed by atoms with Crippen LogP contribution in [-0.4, -0.2) is 25.2 Å². The molecule has 6 heteroatoms. The minimum atomic E-state index is -0.543. The summed E-state index contributed by atoms with van der Waals surface area (Å²) in [5.74, 6) is -1.07. The number of fused-ring (bicyclic) bond motifs is 1. The van der Waals surface area contributed by atoms with Gasteiger partial charge in [0.15, 0.2) is 0 Å². The Kier molecular flexibility index (Phi) is 4.85. The summed E-state index contributed by atoms with van der Waals surface area (Å²) in [6, 6.07) is 8.45. The molecule has 0 aliphatic heterocycles. The van der Waals surface area contributed by atoms with Crippen molar-refractivity contribution in [3.05, 3.63) is 48.0 Å². The second-order valence-electron chi connectivity index (χ2n) is 5.10. The van der Waals surface area contributed by atoms with Crippen molar-refractivity contribution in [3.8, 4) is 0 Å². The number of hydrogen-bond donors (Lipinski definition) is 2. The Labute approximate surface area is 133 Å². The molecule has 2 rings (SSSR count). The molecule has 0 heterocycles. The van der Waals surface area contributed by atoms with Crippen LogP contribution >= 0.6 is 0 Å². The predicted molar refractivity (Wildman–Crippen MR) is 88.8 cm³/mol. The first-order chi connectivity index (χ1) is 10.9. The summed E-state index contributed by atoms with van der Waals surface area (Å²) in [5.41, 5.74) is 13.2. The molecule has 6 nitrogen and oxygen atoms in total. The van der Waals surface area contributed by atoms with E-state index in [0.29, 0.717) is 22.3 Å². The molecule has 0 bridgehead atoms. The highest BCUT2D eigenvalue weighted by molar-refractivity contribution is 6.06. The monoisotopic (exact) mass is 314 g/mol. The lowest BCUT2D eigenvalue weighted by Crippen LogP contribution is -2.14. The van der Waals surface area contributed by atoms with E-state index in [2.05, 4.69) is 6.58 Å². The number of esters is 2. The first kappa shape index (κ1) is 16.4. The second-order valence-corrected chi connectivity index (χ2v) is 5.10. The summed E-state index contributed by atoms with van der Waals surface area (Å²) < 4.78 is 9.98. The third-order valence-corrected chi connectivity index (χ3v) is 3.12. The minimum absolute atomic E-state index is 0.0371. The molecular formula is C17H18N2O4. The van der Waals surface area contributed by atoms with Crippen LogP contribution in [0.1, 0.15) is 17.3 Å². The molecular weight excluding hydrogens is 296 g/mol.